The molecule has 0 amide bonds. The first-order valence-corrected chi connectivity index (χ1v) is 7.14. The van der Waals surface area contributed by atoms with Crippen LogP contribution in [0.15, 0.2) is 24.8 Å². The van der Waals surface area contributed by atoms with Crippen LogP contribution in [0.3, 0.4) is 0 Å². The third-order valence-corrected chi connectivity index (χ3v) is 3.65. The number of aliphatic hydroxyl groups is 1. The summed E-state index contributed by atoms with van der Waals surface area (Å²) in [5.41, 5.74) is 0. The van der Waals surface area contributed by atoms with Crippen LogP contribution in [-0.4, -0.2) is 55.8 Å². The molecule has 8 nitrogen and oxygen atoms in total. The van der Waals surface area contributed by atoms with E-state index in [1.165, 1.54) is 0 Å². The second-order valence-corrected chi connectivity index (χ2v) is 5.03. The molecule has 0 aromatic carbocycles. The van der Waals surface area contributed by atoms with E-state index in [-0.39, 0.29) is 12.6 Å². The van der Waals surface area contributed by atoms with E-state index in [9.17, 15) is 5.11 Å². The molecule has 1 fully saturated rings. The van der Waals surface area contributed by atoms with Crippen molar-refractivity contribution in [2.45, 2.75) is 25.4 Å². The van der Waals surface area contributed by atoms with Gasteiger partial charge in [-0.2, -0.15) is 0 Å². The van der Waals surface area contributed by atoms with Crippen LogP contribution in [0.1, 0.15) is 12.8 Å². The lowest BCUT2D eigenvalue weighted by atomic mass is 10.2. The van der Waals surface area contributed by atoms with Crippen molar-refractivity contribution in [1.82, 2.24) is 25.0 Å². The van der Waals surface area contributed by atoms with Crippen molar-refractivity contribution >= 4 is 11.6 Å². The van der Waals surface area contributed by atoms with Crippen LogP contribution in [0.5, 0.6) is 0 Å². The van der Waals surface area contributed by atoms with E-state index < -0.39 is 0 Å². The summed E-state index contributed by atoms with van der Waals surface area (Å²) in [6, 6.07) is 2.10. The topological polar surface area (TPSA) is 92.0 Å². The molecule has 21 heavy (non-hydrogen) atoms. The fraction of sp³-hybridized carbons (Fsp3) is 0.538. The van der Waals surface area contributed by atoms with Crippen LogP contribution in [0.2, 0.25) is 0 Å². The first kappa shape index (κ1) is 13.7. The van der Waals surface area contributed by atoms with E-state index in [0.29, 0.717) is 6.54 Å². The molecule has 2 N–H and O–H groups in total. The Morgan fingerprint density at radius 1 is 1.38 bits per heavy atom. The van der Waals surface area contributed by atoms with Gasteiger partial charge in [0.05, 0.1) is 25.4 Å². The minimum Gasteiger partial charge on any atom is -0.394 e. The quantitative estimate of drug-likeness (QED) is 0.781. The van der Waals surface area contributed by atoms with Gasteiger partial charge in [-0.25, -0.2) is 9.97 Å². The molecule has 1 aliphatic rings. The second kappa shape index (κ2) is 6.49. The standard InChI is InChI=1S/C13H19N7O/c21-9-11-2-1-5-20(11)13-8-12(15-10-16-13)14-3-6-19-7-4-17-18-19/h4,7-8,10-11,21H,1-3,5-6,9H2,(H,14,15,16). The Morgan fingerprint density at radius 2 is 2.33 bits per heavy atom. The number of anilines is 2. The summed E-state index contributed by atoms with van der Waals surface area (Å²) in [7, 11) is 0. The van der Waals surface area contributed by atoms with Gasteiger partial charge >= 0.3 is 0 Å². The third-order valence-electron chi connectivity index (χ3n) is 3.65. The number of aliphatic hydroxyl groups excluding tert-OH is 1. The summed E-state index contributed by atoms with van der Waals surface area (Å²) in [6.07, 6.45) is 7.13. The molecular formula is C13H19N7O. The molecule has 0 bridgehead atoms. The van der Waals surface area contributed by atoms with Gasteiger partial charge in [-0.3, -0.25) is 4.68 Å². The zero-order valence-electron chi connectivity index (χ0n) is 11.8. The highest BCUT2D eigenvalue weighted by Gasteiger charge is 2.24. The fourth-order valence-corrected chi connectivity index (χ4v) is 2.58. The molecule has 0 aliphatic carbocycles. The van der Waals surface area contributed by atoms with Gasteiger partial charge in [-0.05, 0) is 12.8 Å². The van der Waals surface area contributed by atoms with Crippen molar-refractivity contribution < 1.29 is 5.11 Å². The molecule has 2 aromatic heterocycles. The summed E-state index contributed by atoms with van der Waals surface area (Å²) < 4.78 is 1.76. The van der Waals surface area contributed by atoms with Gasteiger partial charge < -0.3 is 15.3 Å². The molecule has 8 heteroatoms. The summed E-state index contributed by atoms with van der Waals surface area (Å²) in [6.45, 7) is 2.53. The highest BCUT2D eigenvalue weighted by Crippen LogP contribution is 2.24. The van der Waals surface area contributed by atoms with Crippen molar-refractivity contribution in [2.24, 2.45) is 0 Å². The van der Waals surface area contributed by atoms with Crippen LogP contribution >= 0.6 is 0 Å². The maximum absolute atomic E-state index is 9.40. The van der Waals surface area contributed by atoms with Crippen molar-refractivity contribution in [2.75, 3.05) is 29.9 Å². The van der Waals surface area contributed by atoms with E-state index in [1.807, 2.05) is 12.3 Å². The summed E-state index contributed by atoms with van der Waals surface area (Å²) in [5.74, 6) is 1.65. The first-order valence-electron chi connectivity index (χ1n) is 7.14. The molecule has 1 atom stereocenters. The lowest BCUT2D eigenvalue weighted by Gasteiger charge is -2.24. The zero-order chi connectivity index (χ0) is 14.5. The van der Waals surface area contributed by atoms with Crippen LogP contribution in [0.4, 0.5) is 11.6 Å². The van der Waals surface area contributed by atoms with Crippen molar-refractivity contribution in [3.63, 3.8) is 0 Å². The monoisotopic (exact) mass is 289 g/mol. The van der Waals surface area contributed by atoms with Crippen molar-refractivity contribution in [3.8, 4) is 0 Å². The number of nitrogens with one attached hydrogen (secondary N) is 1. The predicted molar refractivity (Wildman–Crippen MR) is 78.0 cm³/mol. The Morgan fingerprint density at radius 3 is 3.14 bits per heavy atom. The van der Waals surface area contributed by atoms with Crippen LogP contribution in [0, 0.1) is 0 Å². The normalized spacial score (nSPS) is 18.1. The minimum atomic E-state index is 0.166. The predicted octanol–water partition coefficient (Wildman–Crippen LogP) is 0.141. The second-order valence-electron chi connectivity index (χ2n) is 5.03. The van der Waals surface area contributed by atoms with Gasteiger partial charge in [0.2, 0.25) is 0 Å². The highest BCUT2D eigenvalue weighted by atomic mass is 16.3. The number of aromatic nitrogens is 5. The largest absolute Gasteiger partial charge is 0.394 e. The lowest BCUT2D eigenvalue weighted by molar-refractivity contribution is 0.266. The highest BCUT2D eigenvalue weighted by molar-refractivity contribution is 5.49. The average Bonchev–Trinajstić information content (AvgIpc) is 3.18. The Hall–Kier alpha value is -2.22. The number of rotatable bonds is 6. The molecule has 1 aliphatic heterocycles. The molecule has 0 radical (unpaired) electrons. The maximum atomic E-state index is 9.40. The Labute approximate surface area is 122 Å². The lowest BCUT2D eigenvalue weighted by Crippen LogP contribution is -2.32. The van der Waals surface area contributed by atoms with Gasteiger partial charge in [0.25, 0.3) is 0 Å². The molecular weight excluding hydrogens is 270 g/mol. The number of hydrogen-bond acceptors (Lipinski definition) is 7. The minimum absolute atomic E-state index is 0.166. The maximum Gasteiger partial charge on any atom is 0.134 e. The summed E-state index contributed by atoms with van der Waals surface area (Å²) >= 11 is 0. The van der Waals surface area contributed by atoms with Crippen molar-refractivity contribution in [3.05, 3.63) is 24.8 Å². The SMILES string of the molecule is OCC1CCCN1c1cc(NCCn2ccnn2)ncn1. The summed E-state index contributed by atoms with van der Waals surface area (Å²) in [4.78, 5) is 10.7. The zero-order valence-corrected chi connectivity index (χ0v) is 11.8. The van der Waals surface area contributed by atoms with Crippen molar-refractivity contribution in [1.29, 1.82) is 0 Å². The van der Waals surface area contributed by atoms with Gasteiger partial charge in [-0.15, -0.1) is 5.10 Å². The molecule has 112 valence electrons. The van der Waals surface area contributed by atoms with Crippen LogP contribution in [0.25, 0.3) is 0 Å². The van der Waals surface area contributed by atoms with E-state index >= 15 is 0 Å². The molecule has 0 saturated carbocycles. The molecule has 3 heterocycles. The van der Waals surface area contributed by atoms with E-state index in [1.54, 1.807) is 17.2 Å². The molecule has 3 rings (SSSR count). The third kappa shape index (κ3) is 3.27. The average molecular weight is 289 g/mol. The van der Waals surface area contributed by atoms with E-state index in [4.69, 9.17) is 0 Å². The number of nitrogens with zero attached hydrogens (tertiary/aromatic N) is 6. The van der Waals surface area contributed by atoms with Gasteiger partial charge in [-0.1, -0.05) is 5.21 Å². The Bertz CT molecular complexity index is 559. The molecule has 1 saturated heterocycles. The van der Waals surface area contributed by atoms with Crippen LogP contribution < -0.4 is 10.2 Å². The van der Waals surface area contributed by atoms with Gasteiger partial charge in [0.15, 0.2) is 0 Å². The fourth-order valence-electron chi connectivity index (χ4n) is 2.58. The smallest absolute Gasteiger partial charge is 0.134 e. The van der Waals surface area contributed by atoms with E-state index in [2.05, 4.69) is 30.5 Å². The Balaban J connectivity index is 1.60. The number of hydrogen-bond donors (Lipinski definition) is 2. The first-order chi connectivity index (χ1) is 10.4. The molecule has 1 unspecified atom stereocenters. The Kier molecular flexibility index (Phi) is 4.25. The van der Waals surface area contributed by atoms with Crippen LogP contribution in [-0.2, 0) is 6.54 Å². The van der Waals surface area contributed by atoms with E-state index in [0.717, 1.165) is 37.6 Å². The molecule has 0 spiro atoms. The van der Waals surface area contributed by atoms with Gasteiger partial charge in [0.1, 0.15) is 18.0 Å². The van der Waals surface area contributed by atoms with Gasteiger partial charge in [0, 0.05) is 25.4 Å². The molecule has 2 aromatic rings. The summed E-state index contributed by atoms with van der Waals surface area (Å²) in [5, 5.41) is 20.3.